The standard InChI is InChI=1S/C22H27ClN4O2/c1-4-20-25-19-12-16(23)7-8-18(19)22(26-20)27(14-15(2)3)10-9-21(28)24-13-17-6-5-11-29-17/h5-8,11-12,15H,4,9-10,13-14H2,1-3H3,(H,24,28). The van der Waals surface area contributed by atoms with Crippen LogP contribution in [0, 0.1) is 5.92 Å². The van der Waals surface area contributed by atoms with E-state index in [-0.39, 0.29) is 5.91 Å². The van der Waals surface area contributed by atoms with E-state index in [9.17, 15) is 4.79 Å². The van der Waals surface area contributed by atoms with Crippen LogP contribution in [-0.2, 0) is 17.8 Å². The van der Waals surface area contributed by atoms with Crippen molar-refractivity contribution in [3.63, 3.8) is 0 Å². The van der Waals surface area contributed by atoms with Crippen LogP contribution < -0.4 is 10.2 Å². The van der Waals surface area contributed by atoms with Crippen LogP contribution in [0.5, 0.6) is 0 Å². The second kappa shape index (κ2) is 9.74. The number of aromatic nitrogens is 2. The Balaban J connectivity index is 1.80. The molecule has 0 aliphatic carbocycles. The number of hydrogen-bond acceptors (Lipinski definition) is 5. The number of aryl methyl sites for hydroxylation is 1. The smallest absolute Gasteiger partial charge is 0.222 e. The third-order valence-electron chi connectivity index (χ3n) is 4.54. The topological polar surface area (TPSA) is 71.3 Å². The number of benzene rings is 1. The molecule has 0 saturated heterocycles. The predicted octanol–water partition coefficient (Wildman–Crippen LogP) is 4.61. The maximum atomic E-state index is 12.4. The number of carbonyl (C=O) groups excluding carboxylic acids is 1. The molecule has 0 aliphatic heterocycles. The molecule has 29 heavy (non-hydrogen) atoms. The Morgan fingerprint density at radius 2 is 2.10 bits per heavy atom. The number of anilines is 1. The third kappa shape index (κ3) is 5.70. The van der Waals surface area contributed by atoms with Gasteiger partial charge >= 0.3 is 0 Å². The van der Waals surface area contributed by atoms with Gasteiger partial charge in [-0.15, -0.1) is 0 Å². The van der Waals surface area contributed by atoms with Crippen LogP contribution in [0.1, 0.15) is 38.8 Å². The van der Waals surface area contributed by atoms with Gasteiger partial charge in [0, 0.05) is 36.3 Å². The Labute approximate surface area is 176 Å². The zero-order valence-corrected chi connectivity index (χ0v) is 17.9. The van der Waals surface area contributed by atoms with E-state index in [1.807, 2.05) is 37.3 Å². The van der Waals surface area contributed by atoms with E-state index in [4.69, 9.17) is 21.0 Å². The SMILES string of the molecule is CCc1nc(N(CCC(=O)NCc2ccco2)CC(C)C)c2ccc(Cl)cc2n1. The highest BCUT2D eigenvalue weighted by atomic mass is 35.5. The van der Waals surface area contributed by atoms with Gasteiger partial charge < -0.3 is 14.6 Å². The summed E-state index contributed by atoms with van der Waals surface area (Å²) in [6.45, 7) is 8.11. The van der Waals surface area contributed by atoms with Crippen LogP contribution >= 0.6 is 11.6 Å². The fourth-order valence-corrected chi connectivity index (χ4v) is 3.35. The first-order chi connectivity index (χ1) is 14.0. The number of furan rings is 1. The van der Waals surface area contributed by atoms with E-state index in [0.29, 0.717) is 30.5 Å². The molecule has 3 rings (SSSR count). The first-order valence-electron chi connectivity index (χ1n) is 9.96. The zero-order chi connectivity index (χ0) is 20.8. The Bertz CT molecular complexity index is 957. The van der Waals surface area contributed by atoms with Gasteiger partial charge in [0.2, 0.25) is 5.91 Å². The molecule has 6 nitrogen and oxygen atoms in total. The van der Waals surface area contributed by atoms with E-state index < -0.39 is 0 Å². The van der Waals surface area contributed by atoms with Gasteiger partial charge in [-0.1, -0.05) is 32.4 Å². The predicted molar refractivity (Wildman–Crippen MR) is 116 cm³/mol. The Morgan fingerprint density at radius 3 is 2.79 bits per heavy atom. The summed E-state index contributed by atoms with van der Waals surface area (Å²) in [7, 11) is 0. The van der Waals surface area contributed by atoms with Gasteiger partial charge in [-0.25, -0.2) is 9.97 Å². The first kappa shape index (κ1) is 21.1. The fourth-order valence-electron chi connectivity index (χ4n) is 3.18. The van der Waals surface area contributed by atoms with E-state index >= 15 is 0 Å². The van der Waals surface area contributed by atoms with Crippen LogP contribution in [0.3, 0.4) is 0 Å². The quantitative estimate of drug-likeness (QED) is 0.553. The van der Waals surface area contributed by atoms with Crippen LogP contribution in [-0.4, -0.2) is 29.0 Å². The van der Waals surface area contributed by atoms with Gasteiger partial charge in [-0.05, 0) is 36.2 Å². The lowest BCUT2D eigenvalue weighted by Crippen LogP contribution is -2.34. The molecule has 1 amide bonds. The molecule has 2 aromatic heterocycles. The Morgan fingerprint density at radius 1 is 1.28 bits per heavy atom. The molecular formula is C22H27ClN4O2. The lowest BCUT2D eigenvalue weighted by atomic mass is 10.1. The van der Waals surface area contributed by atoms with Gasteiger partial charge in [0.1, 0.15) is 17.4 Å². The summed E-state index contributed by atoms with van der Waals surface area (Å²) in [5.41, 5.74) is 0.829. The van der Waals surface area contributed by atoms with Gasteiger partial charge in [0.15, 0.2) is 0 Å². The molecule has 0 fully saturated rings. The maximum absolute atomic E-state index is 12.4. The molecule has 154 valence electrons. The van der Waals surface area contributed by atoms with E-state index in [0.717, 1.165) is 41.3 Å². The summed E-state index contributed by atoms with van der Waals surface area (Å²) in [6, 6.07) is 9.33. The van der Waals surface area contributed by atoms with Gasteiger partial charge in [0.25, 0.3) is 0 Å². The number of amides is 1. The van der Waals surface area contributed by atoms with Crippen LogP contribution in [0.4, 0.5) is 5.82 Å². The van der Waals surface area contributed by atoms with E-state index in [1.165, 1.54) is 0 Å². The second-order valence-corrected chi connectivity index (χ2v) is 7.86. The minimum Gasteiger partial charge on any atom is -0.467 e. The summed E-state index contributed by atoms with van der Waals surface area (Å²) in [6.07, 6.45) is 2.70. The van der Waals surface area contributed by atoms with Crippen LogP contribution in [0.2, 0.25) is 5.02 Å². The van der Waals surface area contributed by atoms with Crippen molar-refractivity contribution in [3.8, 4) is 0 Å². The molecule has 0 bridgehead atoms. The molecule has 0 saturated carbocycles. The van der Waals surface area contributed by atoms with Gasteiger partial charge in [0.05, 0.1) is 18.3 Å². The summed E-state index contributed by atoms with van der Waals surface area (Å²) in [5.74, 6) is 2.77. The molecule has 0 radical (unpaired) electrons. The van der Waals surface area contributed by atoms with Crippen LogP contribution in [0.25, 0.3) is 10.9 Å². The highest BCUT2D eigenvalue weighted by Gasteiger charge is 2.17. The van der Waals surface area contributed by atoms with Gasteiger partial charge in [-0.2, -0.15) is 0 Å². The van der Waals surface area contributed by atoms with Crippen molar-refractivity contribution in [2.24, 2.45) is 5.92 Å². The van der Waals surface area contributed by atoms with Crippen molar-refractivity contribution in [1.82, 2.24) is 15.3 Å². The average molecular weight is 415 g/mol. The molecule has 3 aromatic rings. The molecule has 0 aliphatic rings. The molecule has 0 unspecified atom stereocenters. The van der Waals surface area contributed by atoms with Crippen molar-refractivity contribution >= 4 is 34.2 Å². The summed E-state index contributed by atoms with van der Waals surface area (Å²) >= 11 is 6.18. The van der Waals surface area contributed by atoms with Crippen molar-refractivity contribution in [2.45, 2.75) is 40.2 Å². The molecule has 7 heteroatoms. The number of nitrogens with zero attached hydrogens (tertiary/aromatic N) is 3. The summed E-state index contributed by atoms with van der Waals surface area (Å²) < 4.78 is 5.26. The number of halogens is 1. The van der Waals surface area contributed by atoms with Gasteiger partial charge in [-0.3, -0.25) is 4.79 Å². The monoisotopic (exact) mass is 414 g/mol. The molecule has 1 aromatic carbocycles. The number of fused-ring (bicyclic) bond motifs is 1. The zero-order valence-electron chi connectivity index (χ0n) is 17.1. The van der Waals surface area contributed by atoms with Crippen LogP contribution in [0.15, 0.2) is 41.0 Å². The Hall–Kier alpha value is -2.60. The molecule has 0 spiro atoms. The Kier molecular flexibility index (Phi) is 7.09. The second-order valence-electron chi connectivity index (χ2n) is 7.42. The normalized spacial score (nSPS) is 11.2. The number of nitrogens with one attached hydrogen (secondary N) is 1. The summed E-state index contributed by atoms with van der Waals surface area (Å²) in [4.78, 5) is 23.9. The lowest BCUT2D eigenvalue weighted by molar-refractivity contribution is -0.121. The number of hydrogen-bond donors (Lipinski definition) is 1. The fraction of sp³-hybridized carbons (Fsp3) is 0.409. The maximum Gasteiger partial charge on any atom is 0.222 e. The highest BCUT2D eigenvalue weighted by Crippen LogP contribution is 2.27. The van der Waals surface area contributed by atoms with Crippen molar-refractivity contribution in [1.29, 1.82) is 0 Å². The van der Waals surface area contributed by atoms with E-state index in [2.05, 4.69) is 29.0 Å². The largest absolute Gasteiger partial charge is 0.467 e. The first-order valence-corrected chi connectivity index (χ1v) is 10.3. The number of rotatable bonds is 9. The average Bonchev–Trinajstić information content (AvgIpc) is 3.21. The number of carbonyl (C=O) groups is 1. The van der Waals surface area contributed by atoms with Crippen molar-refractivity contribution in [3.05, 3.63) is 53.2 Å². The molecule has 2 heterocycles. The minimum atomic E-state index is -0.0210. The van der Waals surface area contributed by atoms with E-state index in [1.54, 1.807) is 6.26 Å². The molecule has 1 N–H and O–H groups in total. The lowest BCUT2D eigenvalue weighted by Gasteiger charge is -2.27. The highest BCUT2D eigenvalue weighted by molar-refractivity contribution is 6.31. The molecule has 0 atom stereocenters. The third-order valence-corrected chi connectivity index (χ3v) is 4.77. The minimum absolute atomic E-state index is 0.0210. The summed E-state index contributed by atoms with van der Waals surface area (Å²) in [5, 5.41) is 4.50. The van der Waals surface area contributed by atoms with Crippen molar-refractivity contribution < 1.29 is 9.21 Å². The van der Waals surface area contributed by atoms with Crippen molar-refractivity contribution in [2.75, 3.05) is 18.0 Å². The molecular weight excluding hydrogens is 388 g/mol.